The van der Waals surface area contributed by atoms with E-state index < -0.39 is 15.4 Å². The largest absolute Gasteiger partial charge is 0.353 e. The van der Waals surface area contributed by atoms with Gasteiger partial charge in [-0.15, -0.1) is 0 Å². The second kappa shape index (κ2) is 8.20. The average molecular weight is 448 g/mol. The third kappa shape index (κ3) is 4.00. The van der Waals surface area contributed by atoms with Gasteiger partial charge in [-0.25, -0.2) is 8.42 Å². The lowest BCUT2D eigenvalue weighted by atomic mass is 9.86. The lowest BCUT2D eigenvalue weighted by Gasteiger charge is -2.33. The van der Waals surface area contributed by atoms with Crippen molar-refractivity contribution in [2.75, 3.05) is 25.0 Å². The van der Waals surface area contributed by atoms with Gasteiger partial charge in [-0.3, -0.25) is 9.59 Å². The summed E-state index contributed by atoms with van der Waals surface area (Å²) in [6.45, 7) is 4.26. The van der Waals surface area contributed by atoms with Gasteiger partial charge >= 0.3 is 0 Å². The molecule has 0 aromatic heterocycles. The number of fused-ring (bicyclic) bond motifs is 1. The first-order chi connectivity index (χ1) is 14.6. The van der Waals surface area contributed by atoms with Crippen LogP contribution < -0.4 is 10.2 Å². The molecule has 1 atom stereocenters. The van der Waals surface area contributed by atoms with Gasteiger partial charge in [-0.05, 0) is 63.3 Å². The molecule has 1 aromatic carbocycles. The molecule has 2 aliphatic heterocycles. The number of rotatable bonds is 4. The number of sulfonamides is 1. The molecular formula is C23H33N3O4S. The van der Waals surface area contributed by atoms with E-state index in [1.54, 1.807) is 30.1 Å². The number of nitrogens with zero attached hydrogens (tertiary/aromatic N) is 2. The molecule has 8 heteroatoms. The Balaban J connectivity index is 1.52. The Morgan fingerprint density at radius 3 is 2.52 bits per heavy atom. The van der Waals surface area contributed by atoms with Crippen LogP contribution in [0, 0.1) is 5.92 Å². The third-order valence-electron chi connectivity index (χ3n) is 7.19. The van der Waals surface area contributed by atoms with Crippen LogP contribution in [0.4, 0.5) is 5.69 Å². The van der Waals surface area contributed by atoms with Crippen molar-refractivity contribution in [2.45, 2.75) is 75.1 Å². The molecule has 7 nitrogen and oxygen atoms in total. The van der Waals surface area contributed by atoms with E-state index in [-0.39, 0.29) is 35.2 Å². The number of carbonyl (C=O) groups excluding carboxylic acids is 2. The number of amides is 2. The molecule has 1 saturated heterocycles. The van der Waals surface area contributed by atoms with Crippen LogP contribution in [0.5, 0.6) is 0 Å². The smallest absolute Gasteiger partial charge is 0.243 e. The van der Waals surface area contributed by atoms with Crippen molar-refractivity contribution >= 4 is 27.5 Å². The van der Waals surface area contributed by atoms with Crippen LogP contribution in [0.2, 0.25) is 0 Å². The van der Waals surface area contributed by atoms with E-state index in [1.165, 1.54) is 10.7 Å². The van der Waals surface area contributed by atoms with Crippen LogP contribution in [0.15, 0.2) is 23.1 Å². The van der Waals surface area contributed by atoms with E-state index in [4.69, 9.17) is 0 Å². The number of benzene rings is 1. The first-order valence-electron chi connectivity index (χ1n) is 11.4. The highest BCUT2D eigenvalue weighted by atomic mass is 32.2. The van der Waals surface area contributed by atoms with Crippen molar-refractivity contribution in [2.24, 2.45) is 5.92 Å². The molecule has 0 radical (unpaired) electrons. The lowest BCUT2D eigenvalue weighted by molar-refractivity contribution is -0.127. The maximum Gasteiger partial charge on any atom is 0.243 e. The molecule has 1 saturated carbocycles. The van der Waals surface area contributed by atoms with Gasteiger partial charge in [-0.2, -0.15) is 4.31 Å². The predicted octanol–water partition coefficient (Wildman–Crippen LogP) is 2.79. The van der Waals surface area contributed by atoms with Gasteiger partial charge in [0.25, 0.3) is 0 Å². The maximum absolute atomic E-state index is 13.4. The van der Waals surface area contributed by atoms with Crippen molar-refractivity contribution in [3.8, 4) is 0 Å². The minimum absolute atomic E-state index is 0.0193. The molecule has 2 fully saturated rings. The van der Waals surface area contributed by atoms with Gasteiger partial charge in [0.05, 0.1) is 16.2 Å². The number of nitrogens with one attached hydrogen (secondary N) is 1. The van der Waals surface area contributed by atoms with Gasteiger partial charge in [0, 0.05) is 31.9 Å². The van der Waals surface area contributed by atoms with E-state index >= 15 is 0 Å². The van der Waals surface area contributed by atoms with Crippen LogP contribution in [-0.2, 0) is 25.0 Å². The minimum atomic E-state index is -3.74. The molecular weight excluding hydrogens is 414 g/mol. The Kier molecular flexibility index (Phi) is 5.89. The summed E-state index contributed by atoms with van der Waals surface area (Å²) < 4.78 is 28.3. The first kappa shape index (κ1) is 22.3. The highest BCUT2D eigenvalue weighted by Gasteiger charge is 2.43. The molecule has 1 aromatic rings. The molecule has 31 heavy (non-hydrogen) atoms. The quantitative estimate of drug-likeness (QED) is 0.769. The van der Waals surface area contributed by atoms with Crippen LogP contribution in [-0.4, -0.2) is 50.7 Å². The Labute approximate surface area is 185 Å². The summed E-state index contributed by atoms with van der Waals surface area (Å²) in [6, 6.07) is 5.15. The molecule has 170 valence electrons. The van der Waals surface area contributed by atoms with Gasteiger partial charge in [-0.1, -0.05) is 19.3 Å². The van der Waals surface area contributed by atoms with Crippen LogP contribution in [0.1, 0.15) is 64.4 Å². The van der Waals surface area contributed by atoms with Gasteiger partial charge in [0.2, 0.25) is 21.8 Å². The topological polar surface area (TPSA) is 86.8 Å². The van der Waals surface area contributed by atoms with Gasteiger partial charge < -0.3 is 10.2 Å². The average Bonchev–Trinajstić information content (AvgIpc) is 2.94. The Hall–Kier alpha value is -1.93. The zero-order valence-corrected chi connectivity index (χ0v) is 19.5. The maximum atomic E-state index is 13.4. The number of anilines is 1. The number of hydrogen-bond donors (Lipinski definition) is 1. The standard InChI is InChI=1S/C23H33N3O4S/c1-23(2)19-14-18(11-12-20(19)25(3)22(23)28)31(29,30)26-13-7-8-16(15-26)21(27)24-17-9-5-4-6-10-17/h11-12,14,16-17H,4-10,13,15H2,1-3H3,(H,24,27). The lowest BCUT2D eigenvalue weighted by Crippen LogP contribution is -2.47. The second-order valence-corrected chi connectivity index (χ2v) is 11.7. The van der Waals surface area contributed by atoms with Crippen molar-refractivity contribution in [3.63, 3.8) is 0 Å². The van der Waals surface area contributed by atoms with E-state index in [9.17, 15) is 18.0 Å². The monoisotopic (exact) mass is 447 g/mol. The zero-order valence-electron chi connectivity index (χ0n) is 18.7. The molecule has 1 aliphatic carbocycles. The van der Waals surface area contributed by atoms with Gasteiger partial charge in [0.1, 0.15) is 0 Å². The molecule has 3 aliphatic rings. The zero-order chi connectivity index (χ0) is 22.4. The van der Waals surface area contributed by atoms with Crippen molar-refractivity contribution < 1.29 is 18.0 Å². The molecule has 2 heterocycles. The summed E-state index contributed by atoms with van der Waals surface area (Å²) in [5, 5.41) is 3.15. The fourth-order valence-electron chi connectivity index (χ4n) is 5.20. The number of hydrogen-bond acceptors (Lipinski definition) is 4. The van der Waals surface area contributed by atoms with Gasteiger partial charge in [0.15, 0.2) is 0 Å². The Morgan fingerprint density at radius 1 is 1.10 bits per heavy atom. The number of carbonyl (C=O) groups is 2. The summed E-state index contributed by atoms with van der Waals surface area (Å²) >= 11 is 0. The first-order valence-corrected chi connectivity index (χ1v) is 12.8. The normalized spacial score (nSPS) is 24.8. The molecule has 0 spiro atoms. The molecule has 0 bridgehead atoms. The van der Waals surface area contributed by atoms with E-state index in [0.717, 1.165) is 36.9 Å². The third-order valence-corrected chi connectivity index (χ3v) is 9.05. The Bertz CT molecular complexity index is 983. The SMILES string of the molecule is CN1C(=O)C(C)(C)c2cc(S(=O)(=O)N3CCCC(C(=O)NC4CCCCC4)C3)ccc21. The number of piperidine rings is 1. The second-order valence-electron chi connectivity index (χ2n) is 9.71. The fourth-order valence-corrected chi connectivity index (χ4v) is 6.75. The summed E-state index contributed by atoms with van der Waals surface area (Å²) in [4.78, 5) is 27.1. The van der Waals surface area contributed by atoms with Crippen molar-refractivity contribution in [3.05, 3.63) is 23.8 Å². The summed E-state index contributed by atoms with van der Waals surface area (Å²) in [7, 11) is -2.03. The summed E-state index contributed by atoms with van der Waals surface area (Å²) in [5.74, 6) is -0.382. The molecule has 1 unspecified atom stereocenters. The van der Waals surface area contributed by atoms with E-state index in [2.05, 4.69) is 5.32 Å². The van der Waals surface area contributed by atoms with E-state index in [1.807, 2.05) is 13.8 Å². The molecule has 2 amide bonds. The number of likely N-dealkylation sites (N-methyl/N-ethyl adjacent to an activating group) is 1. The highest BCUT2D eigenvalue weighted by molar-refractivity contribution is 7.89. The molecule has 1 N–H and O–H groups in total. The van der Waals surface area contributed by atoms with Crippen LogP contribution in [0.3, 0.4) is 0 Å². The fraction of sp³-hybridized carbons (Fsp3) is 0.652. The van der Waals surface area contributed by atoms with Crippen molar-refractivity contribution in [1.29, 1.82) is 0 Å². The molecule has 4 rings (SSSR count). The van der Waals surface area contributed by atoms with Crippen molar-refractivity contribution in [1.82, 2.24) is 9.62 Å². The summed E-state index contributed by atoms with van der Waals surface area (Å²) in [6.07, 6.45) is 6.91. The predicted molar refractivity (Wildman–Crippen MR) is 119 cm³/mol. The minimum Gasteiger partial charge on any atom is -0.353 e. The Morgan fingerprint density at radius 2 is 1.81 bits per heavy atom. The van der Waals surface area contributed by atoms with Crippen LogP contribution >= 0.6 is 0 Å². The van der Waals surface area contributed by atoms with Crippen LogP contribution in [0.25, 0.3) is 0 Å². The highest BCUT2D eigenvalue weighted by Crippen LogP contribution is 2.42. The summed E-state index contributed by atoms with van der Waals surface area (Å²) in [5.41, 5.74) is 0.710. The van der Waals surface area contributed by atoms with E-state index in [0.29, 0.717) is 19.4 Å².